The van der Waals surface area contributed by atoms with E-state index in [1.807, 2.05) is 24.3 Å². The minimum atomic E-state index is -4.36. The van der Waals surface area contributed by atoms with E-state index >= 15 is 0 Å². The van der Waals surface area contributed by atoms with Crippen molar-refractivity contribution in [3.8, 4) is 34.5 Å². The molecule has 46 heavy (non-hydrogen) atoms. The third-order valence-corrected chi connectivity index (χ3v) is 9.34. The van der Waals surface area contributed by atoms with Crippen LogP contribution in [0.5, 0.6) is 34.5 Å². The maximum absolute atomic E-state index is 14.1. The van der Waals surface area contributed by atoms with Gasteiger partial charge >= 0.3 is 0 Å². The summed E-state index contributed by atoms with van der Waals surface area (Å²) in [4.78, 5) is 26.1. The molecule has 5 rings (SSSR count). The first-order chi connectivity index (χ1) is 22.2. The Kier molecular flexibility index (Phi) is 9.67. The molecule has 0 saturated carbocycles. The summed E-state index contributed by atoms with van der Waals surface area (Å²) in [6.07, 6.45) is 0.876. The number of hydrogen-bond donors (Lipinski definition) is 2. The number of sulfone groups is 1. The first-order valence-electron chi connectivity index (χ1n) is 14.4. The van der Waals surface area contributed by atoms with Crippen molar-refractivity contribution in [1.82, 2.24) is 10.6 Å². The van der Waals surface area contributed by atoms with Crippen molar-refractivity contribution in [2.75, 3.05) is 41.5 Å². The number of ether oxygens (including phenoxy) is 5. The molecule has 4 aromatic carbocycles. The number of carbonyl (C=O) groups is 2. The lowest BCUT2D eigenvalue weighted by Crippen LogP contribution is -2.30. The molecule has 1 aliphatic heterocycles. The van der Waals surface area contributed by atoms with Crippen LogP contribution in [-0.4, -0.2) is 61.8 Å². The van der Waals surface area contributed by atoms with E-state index in [4.69, 9.17) is 23.7 Å². The molecule has 0 aliphatic carbocycles. The molecule has 0 saturated heterocycles. The van der Waals surface area contributed by atoms with E-state index in [1.165, 1.54) is 24.3 Å². The molecule has 0 fully saturated rings. The first-order valence-corrected chi connectivity index (χ1v) is 15.9. The zero-order valence-electron chi connectivity index (χ0n) is 25.8. The van der Waals surface area contributed by atoms with Crippen LogP contribution in [-0.2, 0) is 22.7 Å². The van der Waals surface area contributed by atoms with Gasteiger partial charge in [0.15, 0.2) is 0 Å². The Morgan fingerprint density at radius 1 is 0.609 bits per heavy atom. The average Bonchev–Trinajstić information content (AvgIpc) is 3.07. The van der Waals surface area contributed by atoms with Crippen molar-refractivity contribution in [2.45, 2.75) is 22.6 Å². The fourth-order valence-corrected chi connectivity index (χ4v) is 7.03. The fraction of sp³-hybridized carbons (Fsp3) is 0.235. The summed E-state index contributed by atoms with van der Waals surface area (Å²) in [6.45, 7) is 0.423. The molecule has 0 spiro atoms. The van der Waals surface area contributed by atoms with E-state index in [9.17, 15) is 18.0 Å². The predicted molar refractivity (Wildman–Crippen MR) is 170 cm³/mol. The van der Waals surface area contributed by atoms with Gasteiger partial charge in [-0.3, -0.25) is 9.59 Å². The van der Waals surface area contributed by atoms with Gasteiger partial charge in [0.2, 0.25) is 9.84 Å². The van der Waals surface area contributed by atoms with Gasteiger partial charge < -0.3 is 34.3 Å². The molecule has 240 valence electrons. The molecule has 2 N–H and O–H groups in total. The normalized spacial score (nSPS) is 12.5. The minimum Gasteiger partial charge on any atom is -0.497 e. The maximum Gasteiger partial charge on any atom is 0.252 e. The summed E-state index contributed by atoms with van der Waals surface area (Å²) < 4.78 is 55.4. The Hall–Kier alpha value is -5.23. The van der Waals surface area contributed by atoms with Crippen LogP contribution in [0.25, 0.3) is 0 Å². The number of methoxy groups -OCH3 is 4. The molecule has 0 bridgehead atoms. The monoisotopic (exact) mass is 646 g/mol. The topological polar surface area (TPSA) is 138 Å². The maximum atomic E-state index is 14.1. The van der Waals surface area contributed by atoms with Crippen LogP contribution in [0.1, 0.15) is 31.8 Å². The van der Waals surface area contributed by atoms with Crippen LogP contribution in [0.2, 0.25) is 0 Å². The Morgan fingerprint density at radius 2 is 0.978 bits per heavy atom. The van der Waals surface area contributed by atoms with Crippen LogP contribution in [0, 0.1) is 0 Å². The van der Waals surface area contributed by atoms with E-state index in [0.717, 1.165) is 11.1 Å². The summed E-state index contributed by atoms with van der Waals surface area (Å²) >= 11 is 0. The highest BCUT2D eigenvalue weighted by molar-refractivity contribution is 7.92. The Bertz CT molecular complexity index is 1720. The number of rotatable bonds is 12. The number of benzene rings is 4. The Labute approximate surface area is 267 Å². The Morgan fingerprint density at radius 3 is 1.33 bits per heavy atom. The van der Waals surface area contributed by atoms with E-state index in [1.54, 1.807) is 52.7 Å². The largest absolute Gasteiger partial charge is 0.497 e. The molecule has 0 radical (unpaired) electrons. The van der Waals surface area contributed by atoms with Crippen LogP contribution >= 0.6 is 0 Å². The second-order valence-corrected chi connectivity index (χ2v) is 12.1. The van der Waals surface area contributed by atoms with Crippen molar-refractivity contribution in [3.05, 3.63) is 95.1 Å². The van der Waals surface area contributed by atoms with Crippen LogP contribution in [0.15, 0.2) is 82.6 Å². The summed E-state index contributed by atoms with van der Waals surface area (Å²) in [6, 6.07) is 19.7. The van der Waals surface area contributed by atoms with Gasteiger partial charge in [0, 0.05) is 25.2 Å². The minimum absolute atomic E-state index is 0.00205. The SMILES string of the molecule is COc1cc(CCNC(=O)c2cccc3c2S(=O)(=O)c2c(cccc2C(=O)NCCc2cc(OC)cc(OC)c2)O3)cc(OC)c1. The lowest BCUT2D eigenvalue weighted by Gasteiger charge is -2.24. The van der Waals surface area contributed by atoms with Gasteiger partial charge in [-0.15, -0.1) is 0 Å². The predicted octanol–water partition coefficient (Wildman–Crippen LogP) is 4.60. The second kappa shape index (κ2) is 13.8. The third kappa shape index (κ3) is 6.71. The third-order valence-electron chi connectivity index (χ3n) is 7.43. The first kappa shape index (κ1) is 32.2. The van der Waals surface area contributed by atoms with Crippen LogP contribution in [0.3, 0.4) is 0 Å². The molecule has 0 atom stereocenters. The van der Waals surface area contributed by atoms with Gasteiger partial charge in [-0.05, 0) is 72.5 Å². The molecular weight excluding hydrogens is 612 g/mol. The lowest BCUT2D eigenvalue weighted by molar-refractivity contribution is 0.0944. The van der Waals surface area contributed by atoms with Gasteiger partial charge in [0.05, 0.1) is 39.6 Å². The number of carbonyl (C=O) groups excluding carboxylic acids is 2. The molecular formula is C34H34N2O9S. The number of fused-ring (bicyclic) bond motifs is 2. The van der Waals surface area contributed by atoms with E-state index < -0.39 is 21.7 Å². The average molecular weight is 647 g/mol. The van der Waals surface area contributed by atoms with Crippen molar-refractivity contribution in [1.29, 1.82) is 0 Å². The van der Waals surface area contributed by atoms with Crippen molar-refractivity contribution in [2.24, 2.45) is 0 Å². The number of hydrogen-bond acceptors (Lipinski definition) is 9. The molecule has 1 heterocycles. The number of nitrogens with one attached hydrogen (secondary N) is 2. The fourth-order valence-electron chi connectivity index (χ4n) is 5.18. The zero-order chi connectivity index (χ0) is 32.8. The molecule has 11 nitrogen and oxygen atoms in total. The molecule has 2 amide bonds. The molecule has 1 aliphatic rings. The van der Waals surface area contributed by atoms with Gasteiger partial charge in [0.25, 0.3) is 11.8 Å². The molecule has 0 aromatic heterocycles. The summed E-state index contributed by atoms with van der Waals surface area (Å²) in [5.41, 5.74) is 1.54. The van der Waals surface area contributed by atoms with E-state index in [0.29, 0.717) is 35.8 Å². The lowest BCUT2D eigenvalue weighted by atomic mass is 10.1. The highest BCUT2D eigenvalue weighted by atomic mass is 32.2. The van der Waals surface area contributed by atoms with Gasteiger partial charge in [-0.2, -0.15) is 0 Å². The summed E-state index contributed by atoms with van der Waals surface area (Å²) in [7, 11) is 1.84. The van der Waals surface area contributed by atoms with Gasteiger partial charge in [-0.1, -0.05) is 12.1 Å². The Balaban J connectivity index is 1.34. The smallest absolute Gasteiger partial charge is 0.252 e. The molecule has 0 unspecified atom stereocenters. The van der Waals surface area contributed by atoms with Crippen molar-refractivity contribution < 1.29 is 41.7 Å². The summed E-state index contributed by atoms with van der Waals surface area (Å²) in [5, 5.41) is 5.59. The van der Waals surface area contributed by atoms with Crippen molar-refractivity contribution >= 4 is 21.7 Å². The second-order valence-electron chi connectivity index (χ2n) is 10.3. The number of amides is 2. The highest BCUT2D eigenvalue weighted by Crippen LogP contribution is 2.45. The molecule has 12 heteroatoms. The van der Waals surface area contributed by atoms with Crippen molar-refractivity contribution in [3.63, 3.8) is 0 Å². The van der Waals surface area contributed by atoms with Gasteiger partial charge in [0.1, 0.15) is 44.3 Å². The van der Waals surface area contributed by atoms with Crippen LogP contribution in [0.4, 0.5) is 0 Å². The standard InChI is InChI=1S/C34H34N2O9S/c1-41-23-15-21(16-24(19-23)42-2)11-13-35-33(37)27-7-5-9-29-31(27)46(39,40)32-28(8-6-10-30(32)45-29)34(38)36-14-12-22-17-25(43-3)20-26(18-22)44-4/h5-10,15-20H,11-14H2,1-4H3,(H,35,37)(H,36,38). The molecule has 4 aromatic rings. The highest BCUT2D eigenvalue weighted by Gasteiger charge is 2.38. The zero-order valence-corrected chi connectivity index (χ0v) is 26.7. The van der Waals surface area contributed by atoms with Gasteiger partial charge in [-0.25, -0.2) is 8.42 Å². The van der Waals surface area contributed by atoms with Crippen LogP contribution < -0.4 is 34.3 Å². The van der Waals surface area contributed by atoms with E-state index in [2.05, 4.69) is 10.6 Å². The van der Waals surface area contributed by atoms with E-state index in [-0.39, 0.29) is 45.5 Å². The quantitative estimate of drug-likeness (QED) is 0.199. The summed E-state index contributed by atoms with van der Waals surface area (Å²) in [5.74, 6) is 1.25.